The fourth-order valence-electron chi connectivity index (χ4n) is 3.09. The third-order valence-electron chi connectivity index (χ3n) is 3.93. The van der Waals surface area contributed by atoms with Gasteiger partial charge < -0.3 is 4.74 Å². The van der Waals surface area contributed by atoms with Gasteiger partial charge in [-0.25, -0.2) is 9.78 Å². The van der Waals surface area contributed by atoms with Gasteiger partial charge in [-0.3, -0.25) is 10.2 Å². The molecule has 5 heteroatoms. The molecule has 0 saturated carbocycles. The number of carbonyl (C=O) groups is 1. The number of aromatic nitrogens is 1. The summed E-state index contributed by atoms with van der Waals surface area (Å²) in [6, 6.07) is 4.41. The van der Waals surface area contributed by atoms with Gasteiger partial charge in [0.05, 0.1) is 0 Å². The number of hydrogen-bond donors (Lipinski definition) is 1. The Morgan fingerprint density at radius 2 is 2.12 bits per heavy atom. The standard InChI is InChI=1S/C19H30N3O2/c1-14(2)13-22-11-7-6-8-16(22)15-9-10-20-17(12-15)21-18(23)24-19(3,4)5/h9-10,12,16H,6-8,11,13H2,1-5H3,(H,20,21,23)/t16-/m1/s1. The molecule has 133 valence electrons. The Kier molecular flexibility index (Phi) is 6.21. The van der Waals surface area contributed by atoms with Gasteiger partial charge in [0.2, 0.25) is 0 Å². The van der Waals surface area contributed by atoms with Crippen molar-refractivity contribution in [2.75, 3.05) is 18.4 Å². The second-order valence-electron chi connectivity index (χ2n) is 7.79. The number of nitrogens with zero attached hydrogens (tertiary/aromatic N) is 2. The third-order valence-corrected chi connectivity index (χ3v) is 3.93. The Hall–Kier alpha value is -1.62. The normalized spacial score (nSPS) is 19.3. The molecule has 24 heavy (non-hydrogen) atoms. The zero-order chi connectivity index (χ0) is 17.7. The van der Waals surface area contributed by atoms with E-state index in [1.54, 1.807) is 6.20 Å². The Morgan fingerprint density at radius 3 is 2.79 bits per heavy atom. The van der Waals surface area contributed by atoms with Crippen molar-refractivity contribution in [2.45, 2.75) is 65.5 Å². The lowest BCUT2D eigenvalue weighted by molar-refractivity contribution is 0.0635. The van der Waals surface area contributed by atoms with Gasteiger partial charge in [0.15, 0.2) is 0 Å². The maximum Gasteiger partial charge on any atom is 0.413 e. The van der Waals surface area contributed by atoms with Crippen LogP contribution in [0.1, 0.15) is 65.5 Å². The van der Waals surface area contributed by atoms with Crippen molar-refractivity contribution in [2.24, 2.45) is 0 Å². The highest BCUT2D eigenvalue weighted by Gasteiger charge is 2.25. The second kappa shape index (κ2) is 7.97. The summed E-state index contributed by atoms with van der Waals surface area (Å²) >= 11 is 0. The lowest BCUT2D eigenvalue weighted by atomic mass is 9.95. The molecule has 1 aliphatic rings. The Morgan fingerprint density at radius 1 is 1.38 bits per heavy atom. The van der Waals surface area contributed by atoms with E-state index in [0.29, 0.717) is 11.9 Å². The van der Waals surface area contributed by atoms with E-state index in [4.69, 9.17) is 4.74 Å². The summed E-state index contributed by atoms with van der Waals surface area (Å²) in [5.74, 6) is 1.97. The molecule has 0 aliphatic carbocycles. The van der Waals surface area contributed by atoms with E-state index in [9.17, 15) is 4.79 Å². The molecule has 5 nitrogen and oxygen atoms in total. The fraction of sp³-hybridized carbons (Fsp3) is 0.632. The molecule has 0 unspecified atom stereocenters. The van der Waals surface area contributed by atoms with Gasteiger partial charge in [-0.1, -0.05) is 20.3 Å². The number of likely N-dealkylation sites (tertiary alicyclic amines) is 1. The second-order valence-corrected chi connectivity index (χ2v) is 7.79. The van der Waals surface area contributed by atoms with Crippen molar-refractivity contribution in [1.82, 2.24) is 9.88 Å². The summed E-state index contributed by atoms with van der Waals surface area (Å²) in [6.07, 6.45) is 4.92. The number of anilines is 1. The predicted molar refractivity (Wildman–Crippen MR) is 96.8 cm³/mol. The molecule has 1 fully saturated rings. The van der Waals surface area contributed by atoms with Crippen LogP contribution in [0, 0.1) is 5.92 Å². The minimum absolute atomic E-state index is 0.385. The number of amides is 1. The average Bonchev–Trinajstić information content (AvgIpc) is 2.45. The van der Waals surface area contributed by atoms with Gasteiger partial charge in [-0.15, -0.1) is 0 Å². The molecule has 0 aromatic carbocycles. The number of piperidine rings is 1. The maximum atomic E-state index is 11.9. The summed E-state index contributed by atoms with van der Waals surface area (Å²) in [6.45, 7) is 12.0. The summed E-state index contributed by atoms with van der Waals surface area (Å²) in [5, 5.41) is 2.74. The van der Waals surface area contributed by atoms with E-state index in [1.807, 2.05) is 32.9 Å². The summed E-state index contributed by atoms with van der Waals surface area (Å²) in [4.78, 5) is 18.7. The molecule has 1 aromatic rings. The van der Waals surface area contributed by atoms with Gasteiger partial charge >= 0.3 is 6.09 Å². The molecule has 2 rings (SSSR count). The number of nitrogens with one attached hydrogen (secondary N) is 1. The van der Waals surface area contributed by atoms with Crippen molar-refractivity contribution < 1.29 is 9.53 Å². The SMILES string of the molecule is C[C](C)CN1CCCC[C@@H]1c1ccnc(NC(=O)OC(C)(C)C)c1. The van der Waals surface area contributed by atoms with Crippen molar-refractivity contribution in [1.29, 1.82) is 0 Å². The molecule has 1 aliphatic heterocycles. The van der Waals surface area contributed by atoms with Crippen LogP contribution in [0.15, 0.2) is 18.3 Å². The molecule has 1 saturated heterocycles. The monoisotopic (exact) mass is 332 g/mol. The molecule has 1 N–H and O–H groups in total. The highest BCUT2D eigenvalue weighted by Crippen LogP contribution is 2.32. The molecule has 0 spiro atoms. The first kappa shape index (κ1) is 18.7. The van der Waals surface area contributed by atoms with Gasteiger partial charge in [0.1, 0.15) is 11.4 Å². The van der Waals surface area contributed by atoms with Crippen LogP contribution in [0.5, 0.6) is 0 Å². The number of carbonyl (C=O) groups excluding carboxylic acids is 1. The van der Waals surface area contributed by atoms with Crippen molar-refractivity contribution >= 4 is 11.9 Å². The topological polar surface area (TPSA) is 54.5 Å². The molecular formula is C19H30N3O2. The predicted octanol–water partition coefficient (Wildman–Crippen LogP) is 4.57. The Balaban J connectivity index is 2.09. The quantitative estimate of drug-likeness (QED) is 0.877. The highest BCUT2D eigenvalue weighted by atomic mass is 16.6. The van der Waals surface area contributed by atoms with Crippen LogP contribution in [0.25, 0.3) is 0 Å². The smallest absolute Gasteiger partial charge is 0.413 e. The summed E-state index contributed by atoms with van der Waals surface area (Å²) in [7, 11) is 0. The number of hydrogen-bond acceptors (Lipinski definition) is 4. The number of pyridine rings is 1. The van der Waals surface area contributed by atoms with Gasteiger partial charge in [0.25, 0.3) is 0 Å². The molecule has 1 amide bonds. The lowest BCUT2D eigenvalue weighted by Crippen LogP contribution is -2.35. The van der Waals surface area contributed by atoms with E-state index in [2.05, 4.69) is 29.0 Å². The largest absolute Gasteiger partial charge is 0.444 e. The first-order valence-corrected chi connectivity index (χ1v) is 8.73. The Bertz CT molecular complexity index is 552. The Labute approximate surface area is 145 Å². The molecule has 2 heterocycles. The van der Waals surface area contributed by atoms with Crippen molar-refractivity contribution in [3.8, 4) is 0 Å². The highest BCUT2D eigenvalue weighted by molar-refractivity contribution is 5.83. The van der Waals surface area contributed by atoms with Gasteiger partial charge in [0, 0.05) is 18.8 Å². The van der Waals surface area contributed by atoms with E-state index in [-0.39, 0.29) is 0 Å². The fourth-order valence-corrected chi connectivity index (χ4v) is 3.09. The van der Waals surface area contributed by atoms with Crippen LogP contribution < -0.4 is 5.32 Å². The molecular weight excluding hydrogens is 302 g/mol. The van der Waals surface area contributed by atoms with Crippen LogP contribution >= 0.6 is 0 Å². The van der Waals surface area contributed by atoms with Crippen molar-refractivity contribution in [3.05, 3.63) is 29.8 Å². The molecule has 1 radical (unpaired) electrons. The summed E-state index contributed by atoms with van der Waals surface area (Å²) < 4.78 is 5.30. The van der Waals surface area contributed by atoms with Crippen LogP contribution in [0.2, 0.25) is 0 Å². The summed E-state index contributed by atoms with van der Waals surface area (Å²) in [5.41, 5.74) is 0.688. The number of rotatable bonds is 4. The van der Waals surface area contributed by atoms with E-state index < -0.39 is 11.7 Å². The van der Waals surface area contributed by atoms with E-state index in [0.717, 1.165) is 19.5 Å². The lowest BCUT2D eigenvalue weighted by Gasteiger charge is -2.37. The molecule has 0 bridgehead atoms. The van der Waals surface area contributed by atoms with Gasteiger partial charge in [-0.2, -0.15) is 0 Å². The molecule has 1 aromatic heterocycles. The van der Waals surface area contributed by atoms with E-state index in [1.165, 1.54) is 24.3 Å². The van der Waals surface area contributed by atoms with Crippen molar-refractivity contribution in [3.63, 3.8) is 0 Å². The third kappa shape index (κ3) is 5.78. The minimum Gasteiger partial charge on any atom is -0.444 e. The zero-order valence-corrected chi connectivity index (χ0v) is 15.6. The first-order chi connectivity index (χ1) is 11.2. The van der Waals surface area contributed by atoms with Crippen LogP contribution in [0.4, 0.5) is 10.6 Å². The van der Waals surface area contributed by atoms with Crippen LogP contribution in [0.3, 0.4) is 0 Å². The first-order valence-electron chi connectivity index (χ1n) is 8.73. The van der Waals surface area contributed by atoms with E-state index >= 15 is 0 Å². The minimum atomic E-state index is -0.518. The molecule has 1 atom stereocenters. The van der Waals surface area contributed by atoms with Gasteiger partial charge in [-0.05, 0) is 63.8 Å². The van der Waals surface area contributed by atoms with Crippen LogP contribution in [-0.4, -0.2) is 34.7 Å². The van der Waals surface area contributed by atoms with Crippen LogP contribution in [-0.2, 0) is 4.74 Å². The average molecular weight is 332 g/mol. The zero-order valence-electron chi connectivity index (χ0n) is 15.6. The maximum absolute atomic E-state index is 11.9. The number of ether oxygens (including phenoxy) is 1.